The minimum absolute atomic E-state index is 0.194. The molecule has 0 amide bonds. The predicted octanol–water partition coefficient (Wildman–Crippen LogP) is 14.6. The van der Waals surface area contributed by atoms with E-state index >= 15 is 0 Å². The normalized spacial score (nSPS) is 22.7. The van der Waals surface area contributed by atoms with Gasteiger partial charge in [0.2, 0.25) is 0 Å². The zero-order chi connectivity index (χ0) is 41.9. The molecule has 2 aliphatic carbocycles. The van der Waals surface area contributed by atoms with E-state index in [9.17, 15) is 0 Å². The fourth-order valence-corrected chi connectivity index (χ4v) is 22.8. The Labute approximate surface area is 358 Å². The van der Waals surface area contributed by atoms with Crippen LogP contribution in [-0.4, -0.2) is 36.4 Å². The molecule has 0 bridgehead atoms. The third kappa shape index (κ3) is 10.2. The third-order valence-corrected chi connectivity index (χ3v) is 26.2. The van der Waals surface area contributed by atoms with Gasteiger partial charge in [-0.3, -0.25) is 0 Å². The molecule has 4 aromatic carbocycles. The first-order valence-corrected chi connectivity index (χ1v) is 29.8. The van der Waals surface area contributed by atoms with Gasteiger partial charge in [-0.15, -0.1) is 0 Å². The van der Waals surface area contributed by atoms with Gasteiger partial charge in [0.1, 0.15) is 0 Å². The van der Waals surface area contributed by atoms with Crippen molar-refractivity contribution in [3.8, 4) is 22.3 Å². The second kappa shape index (κ2) is 19.0. The van der Waals surface area contributed by atoms with Crippen LogP contribution >= 0.6 is 0 Å². The van der Waals surface area contributed by atoms with Crippen LogP contribution in [0, 0.1) is 0 Å². The quantitative estimate of drug-likeness (QED) is 0.143. The van der Waals surface area contributed by atoms with Crippen LogP contribution in [0.5, 0.6) is 0 Å². The average molecular weight is 881 g/mol. The Morgan fingerprint density at radius 3 is 1.37 bits per heavy atom. The molecule has 2 fully saturated rings. The van der Waals surface area contributed by atoms with E-state index in [1.165, 1.54) is 55.6 Å². The summed E-state index contributed by atoms with van der Waals surface area (Å²) in [5.41, 5.74) is 17.7. The average Bonchev–Trinajstić information content (AvgIpc) is 3.90. The maximum absolute atomic E-state index is 6.25. The minimum Gasteiger partial charge on any atom is -0.668 e. The predicted molar refractivity (Wildman–Crippen MR) is 241 cm³/mol. The van der Waals surface area contributed by atoms with E-state index in [4.69, 9.17) is 6.13 Å². The second-order valence-corrected chi connectivity index (χ2v) is 31.9. The van der Waals surface area contributed by atoms with Crippen molar-refractivity contribution in [2.45, 2.75) is 114 Å². The molecule has 57 heavy (non-hydrogen) atoms. The molecule has 4 nitrogen and oxygen atoms in total. The van der Waals surface area contributed by atoms with Crippen molar-refractivity contribution in [2.75, 3.05) is 28.2 Å². The first-order valence-electron chi connectivity index (χ1n) is 21.0. The summed E-state index contributed by atoms with van der Waals surface area (Å²) in [5, 5.41) is 7.00. The molecule has 2 heterocycles. The molecule has 0 radical (unpaired) electrons. The Morgan fingerprint density at radius 2 is 1.00 bits per heavy atom. The maximum atomic E-state index is 6.25. The second-order valence-electron chi connectivity index (χ2n) is 18.3. The molecule has 4 aromatic rings. The number of nitrogens with zero attached hydrogens (tertiary/aromatic N) is 2. The van der Waals surface area contributed by atoms with Crippen LogP contribution in [0.2, 0.25) is 4.63 Å². The summed E-state index contributed by atoms with van der Waals surface area (Å²) in [4.78, 5) is 0. The van der Waals surface area contributed by atoms with Gasteiger partial charge in [-0.05, 0) is 0 Å². The van der Waals surface area contributed by atoms with Crippen LogP contribution in [-0.2, 0) is 55.9 Å². The van der Waals surface area contributed by atoms with E-state index in [1.54, 1.807) is 39.3 Å². The zero-order valence-corrected chi connectivity index (χ0v) is 41.7. The molecule has 8 rings (SSSR count). The number of fused-ring (bicyclic) bond motifs is 2. The van der Waals surface area contributed by atoms with Crippen molar-refractivity contribution in [3.63, 3.8) is 0 Å². The molecule has 2 saturated heterocycles. The van der Waals surface area contributed by atoms with Gasteiger partial charge in [0.05, 0.1) is 0 Å². The van der Waals surface area contributed by atoms with Crippen molar-refractivity contribution >= 4 is 12.2 Å². The summed E-state index contributed by atoms with van der Waals surface area (Å²) in [6, 6.07) is 32.0. The molecule has 5 unspecified atom stereocenters. The van der Waals surface area contributed by atoms with Gasteiger partial charge in [-0.2, -0.15) is 28.2 Å². The molecule has 4 aliphatic rings. The molecule has 0 spiro atoms. The Kier molecular flexibility index (Phi) is 15.3. The van der Waals surface area contributed by atoms with Crippen molar-refractivity contribution in [1.29, 1.82) is 0 Å². The fraction of sp³-hybridized carbons (Fsp3) is 0.451. The molecule has 5 atom stereocenters. The van der Waals surface area contributed by atoms with Gasteiger partial charge in [-0.1, -0.05) is 0 Å². The summed E-state index contributed by atoms with van der Waals surface area (Å²) in [7, 11) is 7.00. The summed E-state index contributed by atoms with van der Waals surface area (Å²) >= 11 is -3.84. The molecule has 0 saturated carbocycles. The van der Waals surface area contributed by atoms with E-state index in [-0.39, 0.29) is 10.8 Å². The molecule has 0 N–H and O–H groups in total. The van der Waals surface area contributed by atoms with Crippen molar-refractivity contribution in [3.05, 3.63) is 140 Å². The summed E-state index contributed by atoms with van der Waals surface area (Å²) < 4.78 is 17.1. The number of allylic oxidation sites excluding steroid dienone is 2. The first kappa shape index (κ1) is 45.9. The number of hydrogen-bond donors (Lipinski definition) is 0. The standard InChI is InChI=1S/2C21H23.2C2H6N.2C2H4O.CH3.Ti.Zr/c2*1-5-15-13-17-7-6-8-19(20(17)14-15)16-9-11-18(12-10-16)21(2,3)4;2*1-3-2;2*1-2-3;;;/h2*6-14H,5H2,1-4H3;2*1-2H3;2*2H,1H3;1H3;;/q;;4*-1;;+3;+1. The molecular formula is C51H69N2O2TiZr. The smallest absolute Gasteiger partial charge is 0.162 e. The number of rotatable bonds is 6. The zero-order valence-electron chi connectivity index (χ0n) is 37.7. The van der Waals surface area contributed by atoms with E-state index < -0.39 is 39.0 Å². The Bertz CT molecular complexity index is 2040. The molecule has 0 aromatic heterocycles. The van der Waals surface area contributed by atoms with Gasteiger partial charge >= 0.3 is 323 Å². The number of hydrogen-bond acceptors (Lipinski definition) is 2. The van der Waals surface area contributed by atoms with Crippen molar-refractivity contribution < 1.29 is 45.1 Å². The fourth-order valence-electron chi connectivity index (χ4n) is 8.48. The van der Waals surface area contributed by atoms with Gasteiger partial charge in [0.15, 0.2) is 0 Å². The topological polar surface area (TPSA) is 53.3 Å². The molecule has 6 heteroatoms. The van der Waals surface area contributed by atoms with E-state index in [1.807, 2.05) is 0 Å². The van der Waals surface area contributed by atoms with E-state index in [0.29, 0.717) is 16.1 Å². The van der Waals surface area contributed by atoms with E-state index in [0.717, 1.165) is 12.8 Å². The van der Waals surface area contributed by atoms with Crippen LogP contribution in [0.25, 0.3) is 45.0 Å². The third-order valence-electron chi connectivity index (χ3n) is 11.9. The molecule has 2 aliphatic heterocycles. The largest absolute Gasteiger partial charge is 0.668 e. The Balaban J connectivity index is 0.000000192. The van der Waals surface area contributed by atoms with Crippen LogP contribution < -0.4 is 0 Å². The Hall–Kier alpha value is -2.20. The monoisotopic (exact) mass is 879 g/mol. The summed E-state index contributed by atoms with van der Waals surface area (Å²) in [6.45, 7) is 22.8. The Morgan fingerprint density at radius 1 is 0.614 bits per heavy atom. The minimum atomic E-state index is -2.46. The van der Waals surface area contributed by atoms with Gasteiger partial charge in [0.25, 0.3) is 0 Å². The van der Waals surface area contributed by atoms with Crippen LogP contribution in [0.15, 0.2) is 96.1 Å². The SMILES string of the molecule is CCC1=Cc2c(-c3ccc(C(C)(C)C)cc3)cccc2[CH]1[Ti+2]1[O][CH]1C.CCC1=Cc2c(-c3ccc(C(C)(C)C)cc3)cccc2[CH]1[Zr]1([CH3])[O][CH]1C.C[N-]C.C[N-]C. The van der Waals surface area contributed by atoms with Gasteiger partial charge in [-0.25, -0.2) is 0 Å². The van der Waals surface area contributed by atoms with Crippen molar-refractivity contribution in [1.82, 2.24) is 0 Å². The van der Waals surface area contributed by atoms with Gasteiger partial charge < -0.3 is 10.6 Å². The first-order chi connectivity index (χ1) is 27.0. The summed E-state index contributed by atoms with van der Waals surface area (Å²) in [5.74, 6) is 0. The molecule has 303 valence electrons. The summed E-state index contributed by atoms with van der Waals surface area (Å²) in [6.07, 6.45) is 7.20. The van der Waals surface area contributed by atoms with Crippen LogP contribution in [0.1, 0.15) is 123 Å². The van der Waals surface area contributed by atoms with Crippen LogP contribution in [0.3, 0.4) is 0 Å². The molecular weight excluding hydrogens is 812 g/mol. The maximum Gasteiger partial charge on any atom is -0.162 e. The van der Waals surface area contributed by atoms with Gasteiger partial charge in [0, 0.05) is 0 Å². The van der Waals surface area contributed by atoms with Crippen molar-refractivity contribution in [2.24, 2.45) is 0 Å². The van der Waals surface area contributed by atoms with E-state index in [2.05, 4.69) is 182 Å². The number of benzene rings is 4. The van der Waals surface area contributed by atoms with Crippen LogP contribution in [0.4, 0.5) is 0 Å².